The van der Waals surface area contributed by atoms with Gasteiger partial charge in [-0.3, -0.25) is 0 Å². The molecule has 0 bridgehead atoms. The molecule has 0 aliphatic rings. The lowest BCUT2D eigenvalue weighted by atomic mass is 10.2. The number of aromatic nitrogens is 5. The lowest BCUT2D eigenvalue weighted by Gasteiger charge is -1.98. The van der Waals surface area contributed by atoms with Crippen molar-refractivity contribution < 1.29 is 9.90 Å². The van der Waals surface area contributed by atoms with E-state index >= 15 is 0 Å². The summed E-state index contributed by atoms with van der Waals surface area (Å²) >= 11 is 7.70. The molecule has 11 heteroatoms. The number of hydrogen-bond donors (Lipinski definition) is 1. The Hall–Kier alpha value is -1.82. The minimum Gasteiger partial charge on any atom is -0.478 e. The maximum Gasteiger partial charge on any atom is 0.335 e. The molecule has 0 atom stereocenters. The number of carbonyl (C=O) groups is 1. The minimum atomic E-state index is -0.952. The molecule has 0 unspecified atom stereocenters. The van der Waals surface area contributed by atoms with Gasteiger partial charge in [-0.05, 0) is 68.5 Å². The van der Waals surface area contributed by atoms with Gasteiger partial charge in [-0.1, -0.05) is 0 Å². The highest BCUT2D eigenvalue weighted by Crippen LogP contribution is 2.35. The van der Waals surface area contributed by atoms with E-state index in [1.165, 1.54) is 34.4 Å². The van der Waals surface area contributed by atoms with Gasteiger partial charge < -0.3 is 5.11 Å². The van der Waals surface area contributed by atoms with E-state index in [0.29, 0.717) is 5.16 Å². The zero-order valence-corrected chi connectivity index (χ0v) is 15.6. The largest absolute Gasteiger partial charge is 0.478 e. The number of benzene rings is 1. The molecule has 7 nitrogen and oxygen atoms in total. The van der Waals surface area contributed by atoms with E-state index in [4.69, 9.17) is 5.11 Å². The fourth-order valence-electron chi connectivity index (χ4n) is 1.96. The first-order valence-electron chi connectivity index (χ1n) is 6.46. The van der Waals surface area contributed by atoms with Crippen LogP contribution in [0, 0.1) is 0 Å². The number of carboxylic acids is 1. The van der Waals surface area contributed by atoms with Crippen LogP contribution in [-0.4, -0.2) is 36.3 Å². The standard InChI is InChI=1S/C13H6BrN5O2S3/c14-9-3-4-10(23-9)19-12(16-17-18-19)24-13-15-7-2-1-6(11(20)21)5-8(7)22-13/h1-5H,(H,20,21). The van der Waals surface area contributed by atoms with E-state index in [1.54, 1.807) is 22.9 Å². The van der Waals surface area contributed by atoms with Crippen LogP contribution in [0.25, 0.3) is 15.2 Å². The second-order valence-electron chi connectivity index (χ2n) is 4.52. The SMILES string of the molecule is O=C(O)c1ccc2nc(Sc3nnnn3-c3ccc(Br)s3)sc2c1. The summed E-state index contributed by atoms with van der Waals surface area (Å²) in [5.41, 5.74) is 1.00. The zero-order chi connectivity index (χ0) is 16.7. The summed E-state index contributed by atoms with van der Waals surface area (Å²) in [4.78, 5) is 15.6. The molecule has 0 amide bonds. The van der Waals surface area contributed by atoms with Gasteiger partial charge in [0.2, 0.25) is 5.16 Å². The van der Waals surface area contributed by atoms with Crippen LogP contribution in [0.1, 0.15) is 10.4 Å². The Bertz CT molecular complexity index is 1060. The molecule has 1 N–H and O–H groups in total. The number of thiophene rings is 1. The van der Waals surface area contributed by atoms with E-state index in [0.717, 1.165) is 23.3 Å². The van der Waals surface area contributed by atoms with Gasteiger partial charge in [0.1, 0.15) is 5.00 Å². The topological polar surface area (TPSA) is 93.8 Å². The number of tetrazole rings is 1. The summed E-state index contributed by atoms with van der Waals surface area (Å²) in [5, 5.41) is 22.3. The Labute approximate surface area is 155 Å². The van der Waals surface area contributed by atoms with Crippen LogP contribution >= 0.6 is 50.4 Å². The Morgan fingerprint density at radius 1 is 1.25 bits per heavy atom. The van der Waals surface area contributed by atoms with Gasteiger partial charge in [0.15, 0.2) is 4.34 Å². The van der Waals surface area contributed by atoms with Crippen LogP contribution in [0.4, 0.5) is 0 Å². The van der Waals surface area contributed by atoms with Crippen molar-refractivity contribution in [3.05, 3.63) is 39.7 Å². The summed E-state index contributed by atoms with van der Waals surface area (Å²) < 4.78 is 4.20. The van der Waals surface area contributed by atoms with Crippen molar-refractivity contribution >= 4 is 66.6 Å². The van der Waals surface area contributed by atoms with Gasteiger partial charge in [-0.15, -0.1) is 27.8 Å². The first kappa shape index (κ1) is 15.7. The Kier molecular flexibility index (Phi) is 4.08. The molecule has 0 fully saturated rings. The van der Waals surface area contributed by atoms with Crippen molar-refractivity contribution in [1.82, 2.24) is 25.2 Å². The number of fused-ring (bicyclic) bond motifs is 1. The third-order valence-corrected chi connectivity index (χ3v) is 6.62. The highest BCUT2D eigenvalue weighted by Gasteiger charge is 2.15. The lowest BCUT2D eigenvalue weighted by molar-refractivity contribution is 0.0697. The highest BCUT2D eigenvalue weighted by molar-refractivity contribution is 9.11. The zero-order valence-electron chi connectivity index (χ0n) is 11.6. The molecule has 3 heterocycles. The maximum atomic E-state index is 11.1. The van der Waals surface area contributed by atoms with Crippen molar-refractivity contribution in [2.75, 3.05) is 0 Å². The Morgan fingerprint density at radius 3 is 2.88 bits per heavy atom. The van der Waals surface area contributed by atoms with Crippen LogP contribution in [-0.2, 0) is 0 Å². The quantitative estimate of drug-likeness (QED) is 0.514. The van der Waals surface area contributed by atoms with Gasteiger partial charge in [-0.25, -0.2) is 9.78 Å². The summed E-state index contributed by atoms with van der Waals surface area (Å²) in [6, 6.07) is 8.73. The number of thiazole rings is 1. The van der Waals surface area contributed by atoms with Crippen LogP contribution in [0.5, 0.6) is 0 Å². The van der Waals surface area contributed by atoms with Crippen LogP contribution in [0.3, 0.4) is 0 Å². The van der Waals surface area contributed by atoms with Crippen LogP contribution in [0.15, 0.2) is 43.6 Å². The average molecular weight is 440 g/mol. The van der Waals surface area contributed by atoms with E-state index in [2.05, 4.69) is 36.4 Å². The molecule has 4 aromatic rings. The first-order valence-corrected chi connectivity index (χ1v) is 9.70. The van der Waals surface area contributed by atoms with Gasteiger partial charge in [0, 0.05) is 0 Å². The van der Waals surface area contributed by atoms with Crippen molar-refractivity contribution in [2.45, 2.75) is 9.50 Å². The third-order valence-electron chi connectivity index (χ3n) is 3.00. The molecular formula is C13H6BrN5O2S3. The van der Waals surface area contributed by atoms with Crippen LogP contribution in [0.2, 0.25) is 0 Å². The summed E-state index contributed by atoms with van der Waals surface area (Å²) in [6.45, 7) is 0. The molecule has 0 aliphatic heterocycles. The molecule has 1 aromatic carbocycles. The molecule has 120 valence electrons. The molecule has 4 rings (SSSR count). The number of halogens is 1. The van der Waals surface area contributed by atoms with Crippen molar-refractivity contribution in [3.8, 4) is 5.00 Å². The monoisotopic (exact) mass is 439 g/mol. The molecule has 0 spiro atoms. The minimum absolute atomic E-state index is 0.246. The number of nitrogens with zero attached hydrogens (tertiary/aromatic N) is 5. The van der Waals surface area contributed by atoms with Crippen molar-refractivity contribution in [3.63, 3.8) is 0 Å². The molecular weight excluding hydrogens is 434 g/mol. The summed E-state index contributed by atoms with van der Waals surface area (Å²) in [5.74, 6) is -0.952. The highest BCUT2D eigenvalue weighted by atomic mass is 79.9. The van der Waals surface area contributed by atoms with E-state index in [9.17, 15) is 4.79 Å². The maximum absolute atomic E-state index is 11.1. The van der Waals surface area contributed by atoms with E-state index in [-0.39, 0.29) is 5.56 Å². The van der Waals surface area contributed by atoms with Crippen molar-refractivity contribution in [2.24, 2.45) is 0 Å². The van der Waals surface area contributed by atoms with Gasteiger partial charge in [0.05, 0.1) is 19.6 Å². The van der Waals surface area contributed by atoms with Crippen molar-refractivity contribution in [1.29, 1.82) is 0 Å². The third kappa shape index (κ3) is 2.95. The smallest absolute Gasteiger partial charge is 0.335 e. The predicted octanol–water partition coefficient (Wildman–Crippen LogP) is 3.95. The fraction of sp³-hybridized carbons (Fsp3) is 0. The average Bonchev–Trinajstić information content (AvgIpc) is 3.25. The second kappa shape index (κ2) is 6.24. The van der Waals surface area contributed by atoms with Gasteiger partial charge >= 0.3 is 5.97 Å². The second-order valence-corrected chi connectivity index (χ2v) is 9.21. The van der Waals surface area contributed by atoms with E-state index in [1.807, 2.05) is 12.1 Å². The molecule has 0 radical (unpaired) electrons. The number of aromatic carboxylic acids is 1. The molecule has 24 heavy (non-hydrogen) atoms. The first-order chi connectivity index (χ1) is 11.6. The Balaban J connectivity index is 1.68. The van der Waals surface area contributed by atoms with E-state index < -0.39 is 5.97 Å². The van der Waals surface area contributed by atoms with Gasteiger partial charge in [-0.2, -0.15) is 4.68 Å². The molecule has 0 saturated carbocycles. The Morgan fingerprint density at radius 2 is 2.12 bits per heavy atom. The normalized spacial score (nSPS) is 11.2. The fourth-order valence-corrected chi connectivity index (χ4v) is 5.32. The molecule has 0 saturated heterocycles. The molecule has 0 aliphatic carbocycles. The molecule has 3 aromatic heterocycles. The predicted molar refractivity (Wildman–Crippen MR) is 95.4 cm³/mol. The lowest BCUT2D eigenvalue weighted by Crippen LogP contribution is -1.95. The van der Waals surface area contributed by atoms with Crippen LogP contribution < -0.4 is 0 Å². The van der Waals surface area contributed by atoms with Gasteiger partial charge in [0.25, 0.3) is 0 Å². The number of hydrogen-bond acceptors (Lipinski definition) is 8. The summed E-state index contributed by atoms with van der Waals surface area (Å²) in [6.07, 6.45) is 0. The number of carboxylic acid groups (broad SMARTS) is 1. The number of rotatable bonds is 4. The summed E-state index contributed by atoms with van der Waals surface area (Å²) in [7, 11) is 0.